The number of anilines is 2. The van der Waals surface area contributed by atoms with Crippen LogP contribution in [0.25, 0.3) is 0 Å². The normalized spacial score (nSPS) is 13.1. The van der Waals surface area contributed by atoms with E-state index < -0.39 is 0 Å². The second-order valence-electron chi connectivity index (χ2n) is 5.48. The van der Waals surface area contributed by atoms with Gasteiger partial charge in [0.2, 0.25) is 5.91 Å². The predicted molar refractivity (Wildman–Crippen MR) is 88.4 cm³/mol. The molecular formula is C17H16N4O3. The van der Waals surface area contributed by atoms with Gasteiger partial charge in [0.05, 0.1) is 22.5 Å². The van der Waals surface area contributed by atoms with E-state index in [1.165, 1.54) is 0 Å². The second kappa shape index (κ2) is 6.11. The number of amides is 3. The van der Waals surface area contributed by atoms with Gasteiger partial charge >= 0.3 is 0 Å². The Balaban J connectivity index is 1.62. The molecule has 0 aliphatic carbocycles. The van der Waals surface area contributed by atoms with Gasteiger partial charge in [-0.3, -0.25) is 19.3 Å². The summed E-state index contributed by atoms with van der Waals surface area (Å²) in [6.07, 6.45) is -0.00340. The van der Waals surface area contributed by atoms with Gasteiger partial charge in [0.1, 0.15) is 5.82 Å². The third kappa shape index (κ3) is 2.83. The maximum atomic E-state index is 12.2. The summed E-state index contributed by atoms with van der Waals surface area (Å²) in [4.78, 5) is 41.7. The number of nitrogens with two attached hydrogens (primary N) is 1. The third-order valence-corrected chi connectivity index (χ3v) is 3.83. The van der Waals surface area contributed by atoms with Crippen molar-refractivity contribution in [3.63, 3.8) is 0 Å². The Morgan fingerprint density at radius 1 is 1.12 bits per heavy atom. The number of aryl methyl sites for hydroxylation is 1. The summed E-state index contributed by atoms with van der Waals surface area (Å²) >= 11 is 0. The van der Waals surface area contributed by atoms with Crippen LogP contribution in [0.3, 0.4) is 0 Å². The van der Waals surface area contributed by atoms with Crippen molar-refractivity contribution in [2.24, 2.45) is 0 Å². The summed E-state index contributed by atoms with van der Waals surface area (Å²) in [5.74, 6) is -0.688. The summed E-state index contributed by atoms with van der Waals surface area (Å²) in [6, 6.07) is 9.88. The molecule has 7 nitrogen and oxygen atoms in total. The van der Waals surface area contributed by atoms with Crippen LogP contribution in [-0.2, 0) is 4.79 Å². The lowest BCUT2D eigenvalue weighted by Gasteiger charge is -2.13. The van der Waals surface area contributed by atoms with E-state index >= 15 is 0 Å². The average molecular weight is 324 g/mol. The van der Waals surface area contributed by atoms with Crippen LogP contribution < -0.4 is 11.1 Å². The van der Waals surface area contributed by atoms with Crippen molar-refractivity contribution < 1.29 is 14.4 Å². The molecule has 0 bridgehead atoms. The number of hydrogen-bond acceptors (Lipinski definition) is 5. The second-order valence-corrected chi connectivity index (χ2v) is 5.48. The Bertz CT molecular complexity index is 812. The molecule has 0 unspecified atom stereocenters. The van der Waals surface area contributed by atoms with Crippen LogP contribution >= 0.6 is 0 Å². The van der Waals surface area contributed by atoms with Crippen molar-refractivity contribution >= 4 is 29.2 Å². The van der Waals surface area contributed by atoms with Gasteiger partial charge in [-0.1, -0.05) is 12.1 Å². The zero-order chi connectivity index (χ0) is 17.3. The third-order valence-electron chi connectivity index (χ3n) is 3.83. The van der Waals surface area contributed by atoms with Crippen LogP contribution in [0.5, 0.6) is 0 Å². The smallest absolute Gasteiger partial charge is 0.261 e. The monoisotopic (exact) mass is 324 g/mol. The van der Waals surface area contributed by atoms with Crippen molar-refractivity contribution in [3.05, 3.63) is 53.2 Å². The minimum Gasteiger partial charge on any atom is -0.397 e. The molecule has 1 aromatic carbocycles. The van der Waals surface area contributed by atoms with Crippen molar-refractivity contribution in [1.82, 2.24) is 9.88 Å². The van der Waals surface area contributed by atoms with Crippen molar-refractivity contribution in [3.8, 4) is 0 Å². The highest BCUT2D eigenvalue weighted by molar-refractivity contribution is 6.21. The van der Waals surface area contributed by atoms with Gasteiger partial charge < -0.3 is 11.1 Å². The van der Waals surface area contributed by atoms with E-state index in [1.54, 1.807) is 43.3 Å². The molecule has 24 heavy (non-hydrogen) atoms. The Morgan fingerprint density at radius 3 is 2.33 bits per heavy atom. The van der Waals surface area contributed by atoms with Gasteiger partial charge in [-0.15, -0.1) is 0 Å². The molecule has 3 rings (SSSR count). The van der Waals surface area contributed by atoms with E-state index in [2.05, 4.69) is 10.3 Å². The average Bonchev–Trinajstić information content (AvgIpc) is 2.81. The van der Waals surface area contributed by atoms with E-state index in [0.29, 0.717) is 28.3 Å². The lowest BCUT2D eigenvalue weighted by Crippen LogP contribution is -2.33. The highest BCUT2D eigenvalue weighted by Gasteiger charge is 2.34. The van der Waals surface area contributed by atoms with E-state index in [1.807, 2.05) is 0 Å². The molecule has 0 atom stereocenters. The first kappa shape index (κ1) is 15.7. The lowest BCUT2D eigenvalue weighted by atomic mass is 10.1. The van der Waals surface area contributed by atoms with Crippen LogP contribution in [0.4, 0.5) is 11.5 Å². The van der Waals surface area contributed by atoms with Crippen LogP contribution in [0.1, 0.15) is 32.8 Å². The standard InChI is InChI=1S/C17H16N4O3/c1-10-13(18)6-7-14(19-10)20-15(22)8-9-21-16(23)11-4-2-3-5-12(11)17(21)24/h2-7H,8-9,18H2,1H3,(H,19,20,22). The van der Waals surface area contributed by atoms with Gasteiger partial charge in [-0.25, -0.2) is 4.98 Å². The first-order valence-corrected chi connectivity index (χ1v) is 7.45. The van der Waals surface area contributed by atoms with E-state index in [0.717, 1.165) is 4.90 Å². The van der Waals surface area contributed by atoms with Crippen LogP contribution in [-0.4, -0.2) is 34.2 Å². The van der Waals surface area contributed by atoms with Crippen molar-refractivity contribution in [2.45, 2.75) is 13.3 Å². The molecule has 7 heteroatoms. The lowest BCUT2D eigenvalue weighted by molar-refractivity contribution is -0.116. The number of carbonyl (C=O) groups is 3. The predicted octanol–water partition coefficient (Wildman–Crippen LogP) is 1.60. The topological polar surface area (TPSA) is 105 Å². The number of nitrogens with one attached hydrogen (secondary N) is 1. The summed E-state index contributed by atoms with van der Waals surface area (Å²) in [6.45, 7) is 1.76. The molecule has 1 aliphatic rings. The molecule has 0 saturated heterocycles. The number of pyridine rings is 1. The minimum atomic E-state index is -0.371. The van der Waals surface area contributed by atoms with Gasteiger partial charge in [0, 0.05) is 13.0 Å². The Kier molecular flexibility index (Phi) is 3.99. The zero-order valence-electron chi connectivity index (χ0n) is 13.1. The van der Waals surface area contributed by atoms with Gasteiger partial charge in [0.25, 0.3) is 11.8 Å². The molecule has 1 aliphatic heterocycles. The summed E-state index contributed by atoms with van der Waals surface area (Å²) in [5.41, 5.74) is 7.58. The van der Waals surface area contributed by atoms with E-state index in [4.69, 9.17) is 5.73 Å². The first-order valence-electron chi connectivity index (χ1n) is 7.45. The molecule has 2 heterocycles. The van der Waals surface area contributed by atoms with Gasteiger partial charge in [-0.05, 0) is 31.2 Å². The summed E-state index contributed by atoms with van der Waals surface area (Å²) < 4.78 is 0. The molecule has 0 spiro atoms. The Hall–Kier alpha value is -3.22. The number of fused-ring (bicyclic) bond motifs is 1. The van der Waals surface area contributed by atoms with Gasteiger partial charge in [0.15, 0.2) is 0 Å². The molecule has 2 aromatic rings. The fraction of sp³-hybridized carbons (Fsp3) is 0.176. The first-order chi connectivity index (χ1) is 11.5. The zero-order valence-corrected chi connectivity index (χ0v) is 13.1. The largest absolute Gasteiger partial charge is 0.397 e. The fourth-order valence-corrected chi connectivity index (χ4v) is 2.50. The highest BCUT2D eigenvalue weighted by atomic mass is 16.2. The molecule has 0 radical (unpaired) electrons. The quantitative estimate of drug-likeness (QED) is 0.831. The molecule has 3 amide bonds. The molecule has 122 valence electrons. The number of benzene rings is 1. The van der Waals surface area contributed by atoms with E-state index in [-0.39, 0.29) is 30.7 Å². The highest BCUT2D eigenvalue weighted by Crippen LogP contribution is 2.22. The van der Waals surface area contributed by atoms with Crippen LogP contribution in [0, 0.1) is 6.92 Å². The number of nitrogen functional groups attached to an aromatic ring is 1. The molecule has 0 fully saturated rings. The minimum absolute atomic E-state index is 0.00340. The molecular weight excluding hydrogens is 308 g/mol. The molecule has 0 saturated carbocycles. The fourth-order valence-electron chi connectivity index (χ4n) is 2.50. The van der Waals surface area contributed by atoms with Crippen molar-refractivity contribution in [1.29, 1.82) is 0 Å². The maximum Gasteiger partial charge on any atom is 0.261 e. The van der Waals surface area contributed by atoms with Crippen LogP contribution in [0.2, 0.25) is 0 Å². The Labute approximate surface area is 138 Å². The molecule has 3 N–H and O–H groups in total. The molecule has 1 aromatic heterocycles. The SMILES string of the molecule is Cc1nc(NC(=O)CCN2C(=O)c3ccccc3C2=O)ccc1N. The number of imide groups is 1. The summed E-state index contributed by atoms with van der Waals surface area (Å²) in [7, 11) is 0. The number of nitrogens with zero attached hydrogens (tertiary/aromatic N) is 2. The van der Waals surface area contributed by atoms with Crippen LogP contribution in [0.15, 0.2) is 36.4 Å². The number of hydrogen-bond donors (Lipinski definition) is 2. The number of carbonyl (C=O) groups excluding carboxylic acids is 3. The van der Waals surface area contributed by atoms with Gasteiger partial charge in [-0.2, -0.15) is 0 Å². The van der Waals surface area contributed by atoms with Crippen molar-refractivity contribution in [2.75, 3.05) is 17.6 Å². The maximum absolute atomic E-state index is 12.2. The number of aromatic nitrogens is 1. The summed E-state index contributed by atoms with van der Waals surface area (Å²) in [5, 5.41) is 2.63. The van der Waals surface area contributed by atoms with E-state index in [9.17, 15) is 14.4 Å². The number of rotatable bonds is 4. The Morgan fingerprint density at radius 2 is 1.75 bits per heavy atom.